The first kappa shape index (κ1) is 28.0. The van der Waals surface area contributed by atoms with E-state index in [2.05, 4.69) is 52.5 Å². The quantitative estimate of drug-likeness (QED) is 0.148. The minimum atomic E-state index is 0.562. The van der Waals surface area contributed by atoms with Crippen molar-refractivity contribution in [2.45, 2.75) is 54.1 Å². The van der Waals surface area contributed by atoms with E-state index in [1.54, 1.807) is 18.3 Å². The third kappa shape index (κ3) is 10.5. The lowest BCUT2D eigenvalue weighted by Gasteiger charge is -2.08. The van der Waals surface area contributed by atoms with Gasteiger partial charge in [-0.25, -0.2) is 5.84 Å². The van der Waals surface area contributed by atoms with E-state index < -0.39 is 0 Å². The van der Waals surface area contributed by atoms with Crippen molar-refractivity contribution >= 4 is 27.3 Å². The zero-order valence-electron chi connectivity index (χ0n) is 19.3. The van der Waals surface area contributed by atoms with Gasteiger partial charge in [0.2, 0.25) is 0 Å². The Morgan fingerprint density at radius 3 is 2.26 bits per heavy atom. The summed E-state index contributed by atoms with van der Waals surface area (Å²) < 4.78 is 7.17. The van der Waals surface area contributed by atoms with Crippen molar-refractivity contribution in [2.24, 2.45) is 16.8 Å². The van der Waals surface area contributed by atoms with Gasteiger partial charge in [-0.15, -0.1) is 23.7 Å². The second-order valence-corrected chi connectivity index (χ2v) is 6.68. The van der Waals surface area contributed by atoms with Crippen LogP contribution < -0.4 is 21.8 Å². The zero-order valence-corrected chi connectivity index (χ0v) is 20.1. The predicted molar refractivity (Wildman–Crippen MR) is 137 cm³/mol. The van der Waals surface area contributed by atoms with Gasteiger partial charge in [0.1, 0.15) is 18.2 Å². The molecule has 168 valence electrons. The Bertz CT molecular complexity index is 911. The number of nitrogens with one attached hydrogen (secondary N) is 1. The van der Waals surface area contributed by atoms with E-state index in [1.165, 1.54) is 21.2 Å². The number of hydrazone groups is 1. The predicted octanol–water partition coefficient (Wildman–Crippen LogP) is 5.84. The average molecular weight is 441 g/mol. The molecule has 0 bridgehead atoms. The summed E-state index contributed by atoms with van der Waals surface area (Å²) in [5, 5.41) is 6.95. The molecule has 0 spiro atoms. The first-order valence-electron chi connectivity index (χ1n) is 10.5. The Labute approximate surface area is 191 Å². The summed E-state index contributed by atoms with van der Waals surface area (Å²) in [7, 11) is 0. The summed E-state index contributed by atoms with van der Waals surface area (Å²) in [6.45, 7) is 10.2. The van der Waals surface area contributed by atoms with Crippen LogP contribution in [0.15, 0.2) is 59.0 Å². The van der Waals surface area contributed by atoms with Crippen LogP contribution in [0.3, 0.4) is 0 Å². The lowest BCUT2D eigenvalue weighted by molar-refractivity contribution is 0.306. The highest BCUT2D eigenvalue weighted by Gasteiger charge is 2.02. The maximum absolute atomic E-state index is 5.87. The van der Waals surface area contributed by atoms with Gasteiger partial charge in [0, 0.05) is 11.1 Å². The van der Waals surface area contributed by atoms with Crippen LogP contribution in [-0.4, -0.2) is 5.84 Å². The number of thiophene rings is 1. The van der Waals surface area contributed by atoms with Crippen LogP contribution in [0.1, 0.15) is 52.2 Å². The Balaban J connectivity index is 0.00000116. The molecule has 1 heterocycles. The van der Waals surface area contributed by atoms with E-state index in [-0.39, 0.29) is 0 Å². The van der Waals surface area contributed by atoms with Crippen LogP contribution in [-0.2, 0) is 13.0 Å². The van der Waals surface area contributed by atoms with Crippen LogP contribution in [0.5, 0.6) is 5.75 Å². The number of benzene rings is 2. The number of terminal acetylenes is 1. The summed E-state index contributed by atoms with van der Waals surface area (Å²) in [5.41, 5.74) is 4.83. The first-order chi connectivity index (χ1) is 15.2. The van der Waals surface area contributed by atoms with E-state index in [4.69, 9.17) is 16.4 Å². The largest absolute Gasteiger partial charge is 0.489 e. The van der Waals surface area contributed by atoms with Gasteiger partial charge in [0.05, 0.1) is 0 Å². The number of hydrogen-bond donors (Lipinski definition) is 3. The summed E-state index contributed by atoms with van der Waals surface area (Å²) in [6, 6.07) is 16.6. The van der Waals surface area contributed by atoms with Crippen molar-refractivity contribution in [3.05, 3.63) is 65.0 Å². The monoisotopic (exact) mass is 440 g/mol. The number of aryl methyl sites for hydroxylation is 1. The number of hydrazine groups is 1. The lowest BCUT2D eigenvalue weighted by Crippen LogP contribution is -2.31. The van der Waals surface area contributed by atoms with E-state index in [1.807, 2.05) is 52.0 Å². The highest BCUT2D eigenvalue weighted by molar-refractivity contribution is 7.17. The van der Waals surface area contributed by atoms with Gasteiger partial charge in [-0.05, 0) is 65.6 Å². The molecule has 5 nitrogen and oxygen atoms in total. The van der Waals surface area contributed by atoms with Crippen LogP contribution in [0.4, 0.5) is 0 Å². The Morgan fingerprint density at radius 1 is 1.06 bits per heavy atom. The van der Waals surface area contributed by atoms with Gasteiger partial charge in [-0.1, -0.05) is 45.9 Å². The molecule has 0 aliphatic carbocycles. The molecule has 31 heavy (non-hydrogen) atoms. The van der Waals surface area contributed by atoms with Crippen molar-refractivity contribution in [3.8, 4) is 18.1 Å². The fourth-order valence-electron chi connectivity index (χ4n) is 2.46. The Hall–Kier alpha value is -3.01. The van der Waals surface area contributed by atoms with E-state index >= 15 is 0 Å². The Morgan fingerprint density at radius 2 is 1.68 bits per heavy atom. The summed E-state index contributed by atoms with van der Waals surface area (Å²) in [6.07, 6.45) is 6.09. The van der Waals surface area contributed by atoms with Crippen LogP contribution in [0.2, 0.25) is 0 Å². The number of amidine groups is 1. The smallest absolute Gasteiger partial charge is 0.136 e. The zero-order chi connectivity index (χ0) is 23.5. The maximum Gasteiger partial charge on any atom is 0.136 e. The maximum atomic E-state index is 5.87. The first-order valence-corrected chi connectivity index (χ1v) is 11.4. The molecule has 2 aromatic carbocycles. The average Bonchev–Trinajstić information content (AvgIpc) is 3.30. The summed E-state index contributed by atoms with van der Waals surface area (Å²) in [4.78, 5) is 0. The van der Waals surface area contributed by atoms with Gasteiger partial charge in [-0.2, -0.15) is 5.10 Å². The van der Waals surface area contributed by atoms with E-state index in [0.717, 1.165) is 12.2 Å². The molecule has 0 saturated heterocycles. The molecule has 0 unspecified atom stereocenters. The molecule has 0 fully saturated rings. The molecule has 0 radical (unpaired) electrons. The van der Waals surface area contributed by atoms with Crippen LogP contribution in [0.25, 0.3) is 10.1 Å². The van der Waals surface area contributed by atoms with Gasteiger partial charge in [0.15, 0.2) is 0 Å². The molecule has 0 amide bonds. The molecule has 0 atom stereocenters. The highest BCUT2D eigenvalue weighted by Crippen LogP contribution is 2.22. The van der Waals surface area contributed by atoms with E-state index in [9.17, 15) is 0 Å². The van der Waals surface area contributed by atoms with Gasteiger partial charge >= 0.3 is 0 Å². The topological polar surface area (TPSA) is 85.7 Å². The third-order valence-electron chi connectivity index (χ3n) is 3.82. The fourth-order valence-corrected chi connectivity index (χ4v) is 3.23. The van der Waals surface area contributed by atoms with Gasteiger partial charge in [0.25, 0.3) is 0 Å². The molecule has 3 rings (SSSR count). The molecular weight excluding hydrogens is 404 g/mol. The number of rotatable bonds is 6. The second-order valence-electron chi connectivity index (χ2n) is 5.73. The van der Waals surface area contributed by atoms with Crippen molar-refractivity contribution in [1.29, 1.82) is 0 Å². The molecule has 0 aliphatic rings. The van der Waals surface area contributed by atoms with Gasteiger partial charge in [-0.3, -0.25) is 0 Å². The summed E-state index contributed by atoms with van der Waals surface area (Å²) in [5.74, 6) is 14.2. The van der Waals surface area contributed by atoms with Crippen molar-refractivity contribution in [1.82, 2.24) is 5.43 Å². The molecule has 0 saturated carbocycles. The number of ether oxygens (including phenoxy) is 1. The molecule has 3 aromatic rings. The minimum absolute atomic E-state index is 0.562. The highest BCUT2D eigenvalue weighted by atomic mass is 32.1. The SMILES string of the molecule is C#CC.CC.CC.N/N=C(/CCc1ccc(OCc2ccc3sccc3c2)cc1)NN. The van der Waals surface area contributed by atoms with E-state index in [0.29, 0.717) is 18.9 Å². The molecule has 5 N–H and O–H groups in total. The number of fused-ring (bicyclic) bond motifs is 1. The lowest BCUT2D eigenvalue weighted by atomic mass is 10.1. The minimum Gasteiger partial charge on any atom is -0.489 e. The second kappa shape index (κ2) is 17.8. The summed E-state index contributed by atoms with van der Waals surface area (Å²) >= 11 is 1.75. The van der Waals surface area contributed by atoms with Crippen LogP contribution >= 0.6 is 11.3 Å². The fraction of sp³-hybridized carbons (Fsp3) is 0.320. The molecule has 6 heteroatoms. The molecule has 1 aromatic heterocycles. The normalized spacial score (nSPS) is 9.65. The number of hydrogen-bond acceptors (Lipinski definition) is 5. The number of nitrogens with two attached hydrogens (primary N) is 2. The molecular formula is C25H36N4OS. The number of nitrogens with zero attached hydrogens (tertiary/aromatic N) is 1. The van der Waals surface area contributed by atoms with Crippen molar-refractivity contribution < 1.29 is 4.74 Å². The van der Waals surface area contributed by atoms with Crippen LogP contribution in [0, 0.1) is 12.3 Å². The van der Waals surface area contributed by atoms with Crippen molar-refractivity contribution in [3.63, 3.8) is 0 Å². The standard InChI is InChI=1S/C18H20N4OS.C3H4.2C2H6/c19-21-18(22-20)8-4-13-1-5-16(6-2-13)23-12-14-3-7-17-15(11-14)9-10-24-17;1-3-2;2*1-2/h1-3,5-7,9-11H,4,8,12,19-20H2,(H,21,22);1H,2H3;2*1-2H3. The third-order valence-corrected chi connectivity index (χ3v) is 4.72. The van der Waals surface area contributed by atoms with Gasteiger partial charge < -0.3 is 16.0 Å². The van der Waals surface area contributed by atoms with Crippen molar-refractivity contribution in [2.75, 3.05) is 0 Å². The Kier molecular flexibility index (Phi) is 16.1. The molecule has 0 aliphatic heterocycles.